The number of carbonyl (C=O) groups is 2. The summed E-state index contributed by atoms with van der Waals surface area (Å²) in [6.45, 7) is 2.90. The third-order valence-electron chi connectivity index (χ3n) is 5.40. The predicted molar refractivity (Wildman–Crippen MR) is 124 cm³/mol. The van der Waals surface area contributed by atoms with Crippen LogP contribution in [0.4, 0.5) is 11.4 Å². The van der Waals surface area contributed by atoms with Gasteiger partial charge in [0.2, 0.25) is 15.9 Å². The van der Waals surface area contributed by atoms with E-state index >= 15 is 0 Å². The molecule has 32 heavy (non-hydrogen) atoms. The van der Waals surface area contributed by atoms with Gasteiger partial charge in [-0.2, -0.15) is 0 Å². The average molecular weight is 460 g/mol. The third kappa shape index (κ3) is 5.79. The van der Waals surface area contributed by atoms with Crippen molar-refractivity contribution in [1.29, 1.82) is 0 Å². The zero-order valence-corrected chi connectivity index (χ0v) is 19.4. The van der Waals surface area contributed by atoms with E-state index in [9.17, 15) is 18.0 Å². The molecule has 0 aromatic heterocycles. The molecule has 1 atom stereocenters. The van der Waals surface area contributed by atoms with E-state index < -0.39 is 16.1 Å². The average Bonchev–Trinajstić information content (AvgIpc) is 3.21. The van der Waals surface area contributed by atoms with Crippen LogP contribution in [0.1, 0.15) is 31.7 Å². The fourth-order valence-corrected chi connectivity index (χ4v) is 3.98. The highest BCUT2D eigenvalue weighted by Crippen LogP contribution is 2.23. The first kappa shape index (κ1) is 23.6. The fraction of sp³-hybridized carbons (Fsp3) is 0.391. The standard InChI is InChI=1S/C23H29N3O5S/c1-4-21(31-20-12-10-18(11-13-20)25(2)32(3,29)30)23(28)24-16-17-7-5-8-19(15-17)26-14-6-9-22(26)27/h5,7-8,10-13,15,21H,4,6,9,14,16H2,1-3H3,(H,24,28). The topological polar surface area (TPSA) is 96.0 Å². The Labute approximate surface area is 189 Å². The smallest absolute Gasteiger partial charge is 0.261 e. The summed E-state index contributed by atoms with van der Waals surface area (Å²) in [6.07, 6.45) is 2.35. The first-order valence-electron chi connectivity index (χ1n) is 10.6. The number of hydrogen-bond donors (Lipinski definition) is 1. The van der Waals surface area contributed by atoms with Crippen LogP contribution in [-0.2, 0) is 26.2 Å². The van der Waals surface area contributed by atoms with Crippen LogP contribution in [0.2, 0.25) is 0 Å². The summed E-state index contributed by atoms with van der Waals surface area (Å²) in [5.41, 5.74) is 2.26. The van der Waals surface area contributed by atoms with Crippen molar-refractivity contribution in [3.8, 4) is 5.75 Å². The third-order valence-corrected chi connectivity index (χ3v) is 6.61. The number of anilines is 2. The Morgan fingerprint density at radius 2 is 1.94 bits per heavy atom. The normalized spacial score (nSPS) is 14.8. The number of rotatable bonds is 9. The number of sulfonamides is 1. The lowest BCUT2D eigenvalue weighted by atomic mass is 10.1. The highest BCUT2D eigenvalue weighted by molar-refractivity contribution is 7.92. The van der Waals surface area contributed by atoms with Gasteiger partial charge in [0.25, 0.3) is 5.91 Å². The Hall–Kier alpha value is -3.07. The quantitative estimate of drug-likeness (QED) is 0.622. The van der Waals surface area contributed by atoms with Gasteiger partial charge < -0.3 is 15.0 Å². The summed E-state index contributed by atoms with van der Waals surface area (Å²) < 4.78 is 30.3. The van der Waals surface area contributed by atoms with Crippen molar-refractivity contribution in [3.05, 3.63) is 54.1 Å². The molecule has 9 heteroatoms. The maximum atomic E-state index is 12.7. The molecule has 2 amide bonds. The van der Waals surface area contributed by atoms with Crippen molar-refractivity contribution in [2.24, 2.45) is 0 Å². The van der Waals surface area contributed by atoms with Crippen molar-refractivity contribution in [2.45, 2.75) is 38.8 Å². The molecule has 172 valence electrons. The molecule has 0 bridgehead atoms. The second-order valence-electron chi connectivity index (χ2n) is 7.78. The minimum atomic E-state index is -3.35. The van der Waals surface area contributed by atoms with Crippen LogP contribution in [0.5, 0.6) is 5.75 Å². The van der Waals surface area contributed by atoms with Gasteiger partial charge in [0.15, 0.2) is 6.10 Å². The first-order valence-corrected chi connectivity index (χ1v) is 12.4. The number of carbonyl (C=O) groups excluding carboxylic acids is 2. The Kier molecular flexibility index (Phi) is 7.40. The molecule has 1 aliphatic rings. The summed E-state index contributed by atoms with van der Waals surface area (Å²) >= 11 is 0. The van der Waals surface area contributed by atoms with Crippen LogP contribution in [0, 0.1) is 0 Å². The molecular weight excluding hydrogens is 430 g/mol. The van der Waals surface area contributed by atoms with Crippen LogP contribution in [-0.4, -0.2) is 46.2 Å². The van der Waals surface area contributed by atoms with Gasteiger partial charge in [-0.05, 0) is 54.8 Å². The summed E-state index contributed by atoms with van der Waals surface area (Å²) in [4.78, 5) is 26.4. The van der Waals surface area contributed by atoms with E-state index in [-0.39, 0.29) is 11.8 Å². The number of nitrogens with zero attached hydrogens (tertiary/aromatic N) is 2. The van der Waals surface area contributed by atoms with Gasteiger partial charge in [-0.1, -0.05) is 19.1 Å². The first-order chi connectivity index (χ1) is 15.2. The van der Waals surface area contributed by atoms with Crippen molar-refractivity contribution in [2.75, 3.05) is 29.1 Å². The van der Waals surface area contributed by atoms with E-state index in [0.29, 0.717) is 30.8 Å². The molecule has 1 aliphatic heterocycles. The molecule has 1 heterocycles. The number of nitrogens with one attached hydrogen (secondary N) is 1. The fourth-order valence-electron chi connectivity index (χ4n) is 3.47. The van der Waals surface area contributed by atoms with Gasteiger partial charge >= 0.3 is 0 Å². The second-order valence-corrected chi connectivity index (χ2v) is 9.79. The van der Waals surface area contributed by atoms with E-state index in [1.54, 1.807) is 29.2 Å². The Morgan fingerprint density at radius 1 is 1.22 bits per heavy atom. The Bertz CT molecular complexity index is 1070. The van der Waals surface area contributed by atoms with E-state index in [4.69, 9.17) is 4.74 Å². The van der Waals surface area contributed by atoms with Crippen LogP contribution in [0.15, 0.2) is 48.5 Å². The summed E-state index contributed by atoms with van der Waals surface area (Å²) in [5, 5.41) is 2.89. The van der Waals surface area contributed by atoms with Gasteiger partial charge in [0.05, 0.1) is 11.9 Å². The molecule has 1 saturated heterocycles. The van der Waals surface area contributed by atoms with Crippen LogP contribution < -0.4 is 19.3 Å². The molecule has 8 nitrogen and oxygen atoms in total. The molecule has 1 N–H and O–H groups in total. The number of ether oxygens (including phenoxy) is 1. The maximum absolute atomic E-state index is 12.7. The highest BCUT2D eigenvalue weighted by atomic mass is 32.2. The van der Waals surface area contributed by atoms with E-state index in [2.05, 4.69) is 5.32 Å². The van der Waals surface area contributed by atoms with Crippen molar-refractivity contribution in [1.82, 2.24) is 5.32 Å². The maximum Gasteiger partial charge on any atom is 0.261 e. The molecule has 0 radical (unpaired) electrons. The van der Waals surface area contributed by atoms with Crippen molar-refractivity contribution >= 4 is 33.2 Å². The summed E-state index contributed by atoms with van der Waals surface area (Å²) in [7, 11) is -1.87. The molecule has 2 aromatic rings. The second kappa shape index (κ2) is 10.0. The van der Waals surface area contributed by atoms with Crippen molar-refractivity contribution in [3.63, 3.8) is 0 Å². The van der Waals surface area contributed by atoms with Gasteiger partial charge in [-0.25, -0.2) is 8.42 Å². The van der Waals surface area contributed by atoms with Crippen LogP contribution in [0.3, 0.4) is 0 Å². The SMILES string of the molecule is CCC(Oc1ccc(N(C)S(C)(=O)=O)cc1)C(=O)NCc1cccc(N2CCCC2=O)c1. The Balaban J connectivity index is 1.59. The predicted octanol–water partition coefficient (Wildman–Crippen LogP) is 2.68. The summed E-state index contributed by atoms with van der Waals surface area (Å²) in [6, 6.07) is 14.2. The molecular formula is C23H29N3O5S. The Morgan fingerprint density at radius 3 is 2.53 bits per heavy atom. The molecule has 0 spiro atoms. The summed E-state index contributed by atoms with van der Waals surface area (Å²) in [5.74, 6) is 0.360. The van der Waals surface area contributed by atoms with Gasteiger partial charge in [-0.15, -0.1) is 0 Å². The minimum absolute atomic E-state index is 0.124. The lowest BCUT2D eigenvalue weighted by Gasteiger charge is -2.20. The molecule has 1 unspecified atom stereocenters. The molecule has 0 aliphatic carbocycles. The number of amides is 2. The monoisotopic (exact) mass is 459 g/mol. The van der Waals surface area contributed by atoms with Gasteiger partial charge in [-0.3, -0.25) is 13.9 Å². The lowest BCUT2D eigenvalue weighted by molar-refractivity contribution is -0.128. The highest BCUT2D eigenvalue weighted by Gasteiger charge is 2.22. The molecule has 1 fully saturated rings. The van der Waals surface area contributed by atoms with Gasteiger partial charge in [0.1, 0.15) is 5.75 Å². The van der Waals surface area contributed by atoms with Crippen molar-refractivity contribution < 1.29 is 22.7 Å². The lowest BCUT2D eigenvalue weighted by Crippen LogP contribution is -2.37. The van der Waals surface area contributed by atoms with Gasteiger partial charge in [0, 0.05) is 32.2 Å². The van der Waals surface area contributed by atoms with Crippen LogP contribution >= 0.6 is 0 Å². The largest absolute Gasteiger partial charge is 0.481 e. The van der Waals surface area contributed by atoms with E-state index in [0.717, 1.165) is 30.5 Å². The van der Waals surface area contributed by atoms with E-state index in [1.807, 2.05) is 31.2 Å². The number of benzene rings is 2. The minimum Gasteiger partial charge on any atom is -0.481 e. The van der Waals surface area contributed by atoms with E-state index in [1.165, 1.54) is 11.4 Å². The number of hydrogen-bond acceptors (Lipinski definition) is 5. The molecule has 3 rings (SSSR count). The zero-order chi connectivity index (χ0) is 23.3. The molecule has 0 saturated carbocycles. The molecule has 2 aromatic carbocycles. The van der Waals surface area contributed by atoms with Crippen LogP contribution in [0.25, 0.3) is 0 Å². The zero-order valence-electron chi connectivity index (χ0n) is 18.6.